The Morgan fingerprint density at radius 1 is 1.14 bits per heavy atom. The number of anilines is 4. The highest BCUT2D eigenvalue weighted by Gasteiger charge is 2.44. The molecule has 1 aromatic heterocycles. The normalized spacial score (nSPS) is 21.1. The number of sulfonamides is 1. The first-order valence-corrected chi connectivity index (χ1v) is 14.3. The highest BCUT2D eigenvalue weighted by molar-refractivity contribution is 7.92. The van der Waals surface area contributed by atoms with Gasteiger partial charge in [0.25, 0.3) is 15.9 Å². The highest BCUT2D eigenvalue weighted by Crippen LogP contribution is 2.54. The maximum atomic E-state index is 13.5. The van der Waals surface area contributed by atoms with E-state index in [1.54, 1.807) is 18.2 Å². The number of aryl methyl sites for hydroxylation is 1. The van der Waals surface area contributed by atoms with E-state index in [0.29, 0.717) is 48.1 Å². The summed E-state index contributed by atoms with van der Waals surface area (Å²) in [6.45, 7) is 7.29. The number of piperidine rings is 1. The first kappa shape index (κ1) is 25.7. The molecule has 2 N–H and O–H groups in total. The first-order valence-electron chi connectivity index (χ1n) is 12.6. The molecule has 1 amide bonds. The lowest BCUT2D eigenvalue weighted by Gasteiger charge is -2.35. The molecule has 0 bridgehead atoms. The van der Waals surface area contributed by atoms with Gasteiger partial charge in [-0.2, -0.15) is 4.98 Å². The summed E-state index contributed by atoms with van der Waals surface area (Å²) in [5, 5.41) is 2.90. The van der Waals surface area contributed by atoms with Crippen molar-refractivity contribution < 1.29 is 22.3 Å². The molecule has 12 heteroatoms. The van der Waals surface area contributed by atoms with E-state index in [4.69, 9.17) is 4.74 Å². The van der Waals surface area contributed by atoms with Crippen LogP contribution in [-0.4, -0.2) is 69.2 Å². The quantitative estimate of drug-likeness (QED) is 0.558. The summed E-state index contributed by atoms with van der Waals surface area (Å²) in [6, 6.07) is 4.85. The van der Waals surface area contributed by atoms with Crippen molar-refractivity contribution in [2.24, 2.45) is 5.41 Å². The SMILES string of the molecule is Cc1cc(NC(=O)c2ccc(NS(=O)(=O)CF)cc2N2CCC3(CC2)CC3)nc(N2CCO[C@H](C)C2)n1. The molecular formula is C25H33FN6O4S. The lowest BCUT2D eigenvalue weighted by molar-refractivity contribution is 0.0526. The van der Waals surface area contributed by atoms with Crippen LogP contribution in [0, 0.1) is 12.3 Å². The summed E-state index contributed by atoms with van der Waals surface area (Å²) in [5.74, 6) is 0.559. The standard InChI is InChI=1S/C25H33FN6O4S/c1-17-13-22(29-24(27-17)32-11-12-36-18(2)15-32)28-23(33)20-4-3-19(30-37(34,35)16-26)14-21(20)31-9-7-25(5-6-25)8-10-31/h3-4,13-14,18,30H,5-12,15-16H2,1-2H3,(H,27,28,29,33)/t18-/m1/s1. The minimum Gasteiger partial charge on any atom is -0.375 e. The molecule has 37 heavy (non-hydrogen) atoms. The molecule has 1 atom stereocenters. The summed E-state index contributed by atoms with van der Waals surface area (Å²) in [4.78, 5) is 26.8. The van der Waals surface area contributed by atoms with Gasteiger partial charge in [0.2, 0.25) is 12.0 Å². The molecule has 3 fully saturated rings. The van der Waals surface area contributed by atoms with Crippen LogP contribution in [-0.2, 0) is 14.8 Å². The van der Waals surface area contributed by atoms with E-state index in [1.807, 2.05) is 18.7 Å². The zero-order valence-electron chi connectivity index (χ0n) is 21.2. The highest BCUT2D eigenvalue weighted by atomic mass is 32.2. The minimum absolute atomic E-state index is 0.0612. The van der Waals surface area contributed by atoms with Crippen LogP contribution in [0.5, 0.6) is 0 Å². The Kier molecular flexibility index (Phi) is 6.97. The number of benzene rings is 1. The number of ether oxygens (including phenoxy) is 1. The van der Waals surface area contributed by atoms with Gasteiger partial charge in [-0.05, 0) is 63.1 Å². The number of amides is 1. The van der Waals surface area contributed by atoms with Crippen LogP contribution in [0.3, 0.4) is 0 Å². The Balaban J connectivity index is 1.41. The number of rotatable bonds is 7. The molecule has 0 radical (unpaired) electrons. The van der Waals surface area contributed by atoms with E-state index in [9.17, 15) is 17.6 Å². The number of nitrogens with zero attached hydrogens (tertiary/aromatic N) is 4. The maximum Gasteiger partial charge on any atom is 0.262 e. The zero-order valence-corrected chi connectivity index (χ0v) is 22.0. The third-order valence-electron chi connectivity index (χ3n) is 7.39. The number of carbonyl (C=O) groups is 1. The molecule has 10 nitrogen and oxygen atoms in total. The van der Waals surface area contributed by atoms with Crippen molar-refractivity contribution >= 4 is 39.1 Å². The van der Waals surface area contributed by atoms with Gasteiger partial charge >= 0.3 is 0 Å². The van der Waals surface area contributed by atoms with Crippen molar-refractivity contribution in [3.8, 4) is 0 Å². The van der Waals surface area contributed by atoms with Gasteiger partial charge in [-0.15, -0.1) is 0 Å². The number of morpholine rings is 1. The summed E-state index contributed by atoms with van der Waals surface area (Å²) in [6.07, 6.45) is 4.59. The Hall–Kier alpha value is -2.99. The topological polar surface area (TPSA) is 117 Å². The van der Waals surface area contributed by atoms with Gasteiger partial charge in [0, 0.05) is 37.9 Å². The number of halogens is 1. The predicted octanol–water partition coefficient (Wildman–Crippen LogP) is 3.31. The lowest BCUT2D eigenvalue weighted by atomic mass is 9.93. The van der Waals surface area contributed by atoms with E-state index in [-0.39, 0.29) is 17.7 Å². The average molecular weight is 533 g/mol. The van der Waals surface area contributed by atoms with Crippen LogP contribution in [0.25, 0.3) is 0 Å². The number of carbonyl (C=O) groups excluding carboxylic acids is 1. The Morgan fingerprint density at radius 2 is 1.89 bits per heavy atom. The monoisotopic (exact) mass is 532 g/mol. The van der Waals surface area contributed by atoms with Crippen molar-refractivity contribution in [2.75, 3.05) is 58.6 Å². The molecule has 3 aliphatic rings. The fourth-order valence-electron chi connectivity index (χ4n) is 5.10. The van der Waals surface area contributed by atoms with Gasteiger partial charge in [0.05, 0.1) is 29.6 Å². The largest absolute Gasteiger partial charge is 0.375 e. The molecule has 1 aromatic carbocycles. The van der Waals surface area contributed by atoms with Gasteiger partial charge in [0.1, 0.15) is 5.82 Å². The van der Waals surface area contributed by atoms with Crippen LogP contribution < -0.4 is 19.8 Å². The minimum atomic E-state index is -4.10. The zero-order chi connectivity index (χ0) is 26.2. The molecule has 1 spiro atoms. The van der Waals surface area contributed by atoms with Crippen molar-refractivity contribution in [3.63, 3.8) is 0 Å². The number of alkyl halides is 1. The molecule has 2 aromatic rings. The Morgan fingerprint density at radius 3 is 2.57 bits per heavy atom. The van der Waals surface area contributed by atoms with E-state index in [0.717, 1.165) is 31.6 Å². The van der Waals surface area contributed by atoms with Gasteiger partial charge in [-0.3, -0.25) is 9.52 Å². The average Bonchev–Trinajstić information content (AvgIpc) is 3.62. The number of hydrogen-bond donors (Lipinski definition) is 2. The molecule has 5 rings (SSSR count). The molecule has 3 heterocycles. The van der Waals surface area contributed by atoms with Gasteiger partial charge < -0.3 is 19.9 Å². The van der Waals surface area contributed by atoms with E-state index >= 15 is 0 Å². The Labute approximate surface area is 216 Å². The molecule has 0 unspecified atom stereocenters. The van der Waals surface area contributed by atoms with E-state index < -0.39 is 16.0 Å². The fourth-order valence-corrected chi connectivity index (χ4v) is 5.64. The second-order valence-electron chi connectivity index (χ2n) is 10.3. The van der Waals surface area contributed by atoms with Gasteiger partial charge in [-0.1, -0.05) is 0 Å². The number of nitrogens with one attached hydrogen (secondary N) is 2. The van der Waals surface area contributed by atoms with Crippen LogP contribution in [0.15, 0.2) is 24.3 Å². The van der Waals surface area contributed by atoms with Crippen LogP contribution in [0.4, 0.5) is 27.5 Å². The smallest absolute Gasteiger partial charge is 0.262 e. The van der Waals surface area contributed by atoms with Crippen LogP contribution >= 0.6 is 0 Å². The van der Waals surface area contributed by atoms with E-state index in [1.165, 1.54) is 18.9 Å². The van der Waals surface area contributed by atoms with Crippen molar-refractivity contribution in [1.29, 1.82) is 0 Å². The first-order chi connectivity index (χ1) is 17.7. The summed E-state index contributed by atoms with van der Waals surface area (Å²) in [5.41, 5.74) is 2.38. The van der Waals surface area contributed by atoms with Crippen LogP contribution in [0.2, 0.25) is 0 Å². The van der Waals surface area contributed by atoms with Crippen LogP contribution in [0.1, 0.15) is 48.7 Å². The molecule has 2 saturated heterocycles. The second kappa shape index (κ2) is 10.1. The maximum absolute atomic E-state index is 13.5. The third-order valence-corrected chi connectivity index (χ3v) is 8.22. The fraction of sp³-hybridized carbons (Fsp3) is 0.560. The second-order valence-corrected chi connectivity index (χ2v) is 12.0. The van der Waals surface area contributed by atoms with E-state index in [2.05, 4.69) is 24.9 Å². The molecule has 200 valence electrons. The lowest BCUT2D eigenvalue weighted by Crippen LogP contribution is -2.42. The molecule has 1 aliphatic carbocycles. The van der Waals surface area contributed by atoms with Crippen molar-refractivity contribution in [1.82, 2.24) is 9.97 Å². The van der Waals surface area contributed by atoms with Gasteiger partial charge in [-0.25, -0.2) is 17.8 Å². The molecule has 1 saturated carbocycles. The molecule has 2 aliphatic heterocycles. The predicted molar refractivity (Wildman–Crippen MR) is 140 cm³/mol. The summed E-state index contributed by atoms with van der Waals surface area (Å²) >= 11 is 0. The van der Waals surface area contributed by atoms with Crippen molar-refractivity contribution in [3.05, 3.63) is 35.5 Å². The number of aromatic nitrogens is 2. The van der Waals surface area contributed by atoms with Crippen molar-refractivity contribution in [2.45, 2.75) is 45.6 Å². The van der Waals surface area contributed by atoms with Gasteiger partial charge in [0.15, 0.2) is 0 Å². The summed E-state index contributed by atoms with van der Waals surface area (Å²) < 4.78 is 44.4. The molecular weight excluding hydrogens is 499 g/mol. The Bertz CT molecular complexity index is 1280. The third kappa shape index (κ3) is 5.96. The summed E-state index contributed by atoms with van der Waals surface area (Å²) in [7, 11) is -4.10. The number of hydrogen-bond acceptors (Lipinski definition) is 8.